The Morgan fingerprint density at radius 3 is 2.22 bits per heavy atom. The maximum atomic E-state index is 11.8. The van der Waals surface area contributed by atoms with Crippen molar-refractivity contribution in [2.75, 3.05) is 12.4 Å². The van der Waals surface area contributed by atoms with Crippen LogP contribution in [0.3, 0.4) is 0 Å². The molecule has 0 unspecified atom stereocenters. The van der Waals surface area contributed by atoms with E-state index in [-0.39, 0.29) is 30.8 Å². The van der Waals surface area contributed by atoms with Crippen LogP contribution in [-0.2, 0) is 26.9 Å². The van der Waals surface area contributed by atoms with Gasteiger partial charge in [0, 0.05) is 0 Å². The molecule has 1 aromatic carbocycles. The van der Waals surface area contributed by atoms with E-state index in [0.717, 1.165) is 11.1 Å². The molecule has 0 amide bonds. The van der Waals surface area contributed by atoms with Crippen molar-refractivity contribution in [1.29, 1.82) is 0 Å². The SMILES string of the molecule is CC(C)OCCS(=O)(=O)Cc1ccc(CO)cc1. The van der Waals surface area contributed by atoms with Gasteiger partial charge in [-0.1, -0.05) is 24.3 Å². The number of aliphatic hydroxyl groups is 1. The van der Waals surface area contributed by atoms with Crippen molar-refractivity contribution in [3.05, 3.63) is 35.4 Å². The molecule has 0 atom stereocenters. The number of hydrogen-bond donors (Lipinski definition) is 1. The van der Waals surface area contributed by atoms with Crippen LogP contribution in [0.25, 0.3) is 0 Å². The predicted molar refractivity (Wildman–Crippen MR) is 70.9 cm³/mol. The third-order valence-corrected chi connectivity index (χ3v) is 4.00. The molecule has 1 N–H and O–H groups in total. The van der Waals surface area contributed by atoms with E-state index < -0.39 is 9.84 Å². The standard InChI is InChI=1S/C13H20O4S/c1-11(2)17-7-8-18(15,16)10-13-5-3-12(9-14)4-6-13/h3-6,11,14H,7-10H2,1-2H3. The summed E-state index contributed by atoms with van der Waals surface area (Å²) in [4.78, 5) is 0. The largest absolute Gasteiger partial charge is 0.392 e. The molecule has 0 saturated heterocycles. The van der Waals surface area contributed by atoms with E-state index in [4.69, 9.17) is 9.84 Å². The molecule has 0 aliphatic rings. The van der Waals surface area contributed by atoms with Gasteiger partial charge in [0.25, 0.3) is 0 Å². The maximum Gasteiger partial charge on any atom is 0.156 e. The van der Waals surface area contributed by atoms with Gasteiger partial charge >= 0.3 is 0 Å². The number of aliphatic hydroxyl groups excluding tert-OH is 1. The molecule has 1 aromatic rings. The molecule has 0 fully saturated rings. The highest BCUT2D eigenvalue weighted by Gasteiger charge is 2.12. The smallest absolute Gasteiger partial charge is 0.156 e. The van der Waals surface area contributed by atoms with E-state index in [0.29, 0.717) is 0 Å². The van der Waals surface area contributed by atoms with E-state index in [2.05, 4.69) is 0 Å². The Balaban J connectivity index is 2.53. The van der Waals surface area contributed by atoms with Crippen LogP contribution in [0.4, 0.5) is 0 Å². The second-order valence-electron chi connectivity index (χ2n) is 4.49. The summed E-state index contributed by atoms with van der Waals surface area (Å²) >= 11 is 0. The van der Waals surface area contributed by atoms with Crippen LogP contribution in [0, 0.1) is 0 Å². The van der Waals surface area contributed by atoms with E-state index in [1.54, 1.807) is 24.3 Å². The lowest BCUT2D eigenvalue weighted by atomic mass is 10.2. The van der Waals surface area contributed by atoms with E-state index >= 15 is 0 Å². The van der Waals surface area contributed by atoms with Gasteiger partial charge < -0.3 is 9.84 Å². The zero-order valence-corrected chi connectivity index (χ0v) is 11.6. The van der Waals surface area contributed by atoms with Gasteiger partial charge in [-0.15, -0.1) is 0 Å². The number of rotatable bonds is 7. The molecule has 102 valence electrons. The highest BCUT2D eigenvalue weighted by molar-refractivity contribution is 7.90. The number of hydrogen-bond acceptors (Lipinski definition) is 4. The van der Waals surface area contributed by atoms with Gasteiger partial charge in [-0.2, -0.15) is 0 Å². The summed E-state index contributed by atoms with van der Waals surface area (Å²) in [6, 6.07) is 6.92. The average molecular weight is 272 g/mol. The van der Waals surface area contributed by atoms with Gasteiger partial charge in [-0.3, -0.25) is 0 Å². The number of benzene rings is 1. The molecular weight excluding hydrogens is 252 g/mol. The molecule has 0 aromatic heterocycles. The van der Waals surface area contributed by atoms with Crippen molar-refractivity contribution in [1.82, 2.24) is 0 Å². The summed E-state index contributed by atoms with van der Waals surface area (Å²) in [6.07, 6.45) is 0.0454. The minimum absolute atomic E-state index is 0.0141. The first-order valence-corrected chi connectivity index (χ1v) is 7.76. The molecule has 0 bridgehead atoms. The maximum absolute atomic E-state index is 11.8. The third-order valence-electron chi connectivity index (χ3n) is 2.44. The lowest BCUT2D eigenvalue weighted by molar-refractivity contribution is 0.0912. The molecule has 1 rings (SSSR count). The summed E-state index contributed by atoms with van der Waals surface area (Å²) in [6.45, 7) is 3.95. The van der Waals surface area contributed by atoms with Crippen molar-refractivity contribution in [3.8, 4) is 0 Å². The summed E-state index contributed by atoms with van der Waals surface area (Å²) in [7, 11) is -3.14. The van der Waals surface area contributed by atoms with Crippen molar-refractivity contribution in [3.63, 3.8) is 0 Å². The molecule has 0 radical (unpaired) electrons. The van der Waals surface area contributed by atoms with Crippen molar-refractivity contribution < 1.29 is 18.3 Å². The summed E-state index contributed by atoms with van der Waals surface area (Å²) in [5, 5.41) is 8.89. The monoisotopic (exact) mass is 272 g/mol. The van der Waals surface area contributed by atoms with E-state index in [9.17, 15) is 8.42 Å². The molecule has 5 heteroatoms. The van der Waals surface area contributed by atoms with Crippen LogP contribution in [0.5, 0.6) is 0 Å². The number of ether oxygens (including phenoxy) is 1. The van der Waals surface area contributed by atoms with Gasteiger partial charge in [-0.05, 0) is 25.0 Å². The van der Waals surface area contributed by atoms with E-state index in [1.807, 2.05) is 13.8 Å². The Kier molecular flexibility index (Phi) is 5.78. The third kappa shape index (κ3) is 5.62. The first-order chi connectivity index (χ1) is 8.43. The lowest BCUT2D eigenvalue weighted by Gasteiger charge is -2.08. The quantitative estimate of drug-likeness (QED) is 0.817. The van der Waals surface area contributed by atoms with Crippen molar-refractivity contribution in [2.45, 2.75) is 32.3 Å². The Morgan fingerprint density at radius 2 is 1.72 bits per heavy atom. The van der Waals surface area contributed by atoms with Crippen LogP contribution in [0.1, 0.15) is 25.0 Å². The highest BCUT2D eigenvalue weighted by atomic mass is 32.2. The van der Waals surface area contributed by atoms with Gasteiger partial charge in [0.15, 0.2) is 9.84 Å². The minimum atomic E-state index is -3.14. The normalized spacial score (nSPS) is 12.0. The molecule has 4 nitrogen and oxygen atoms in total. The molecule has 0 saturated carbocycles. The molecule has 0 aliphatic heterocycles. The Bertz CT molecular complexity index is 448. The van der Waals surface area contributed by atoms with Gasteiger partial charge in [-0.25, -0.2) is 8.42 Å². The first kappa shape index (κ1) is 15.1. The fourth-order valence-electron chi connectivity index (χ4n) is 1.48. The highest BCUT2D eigenvalue weighted by Crippen LogP contribution is 2.09. The second kappa shape index (κ2) is 6.87. The summed E-state index contributed by atoms with van der Waals surface area (Å²) in [5.74, 6) is 0.0487. The van der Waals surface area contributed by atoms with Crippen LogP contribution in [0.2, 0.25) is 0 Å². The van der Waals surface area contributed by atoms with Gasteiger partial charge in [0.05, 0.1) is 30.8 Å². The van der Waals surface area contributed by atoms with Gasteiger partial charge in [0.1, 0.15) is 0 Å². The molecule has 0 heterocycles. The topological polar surface area (TPSA) is 63.6 Å². The van der Waals surface area contributed by atoms with Crippen LogP contribution >= 0.6 is 0 Å². The van der Waals surface area contributed by atoms with Crippen LogP contribution in [-0.4, -0.2) is 32.0 Å². The van der Waals surface area contributed by atoms with Crippen molar-refractivity contribution >= 4 is 9.84 Å². The predicted octanol–water partition coefficient (Wildman–Crippen LogP) is 1.52. The Morgan fingerprint density at radius 1 is 1.17 bits per heavy atom. The molecular formula is C13H20O4S. The average Bonchev–Trinajstić information content (AvgIpc) is 2.28. The van der Waals surface area contributed by atoms with Crippen molar-refractivity contribution in [2.24, 2.45) is 0 Å². The lowest BCUT2D eigenvalue weighted by Crippen LogP contribution is -2.16. The van der Waals surface area contributed by atoms with Crippen LogP contribution < -0.4 is 0 Å². The Labute approximate surface area is 109 Å². The molecule has 18 heavy (non-hydrogen) atoms. The van der Waals surface area contributed by atoms with E-state index in [1.165, 1.54) is 0 Å². The summed E-state index contributed by atoms with van der Waals surface area (Å²) in [5.41, 5.74) is 1.51. The first-order valence-electron chi connectivity index (χ1n) is 5.93. The zero-order chi connectivity index (χ0) is 13.6. The Hall–Kier alpha value is -0.910. The fraction of sp³-hybridized carbons (Fsp3) is 0.538. The summed E-state index contributed by atoms with van der Waals surface area (Å²) < 4.78 is 28.9. The van der Waals surface area contributed by atoms with Gasteiger partial charge in [0.2, 0.25) is 0 Å². The molecule has 0 aliphatic carbocycles. The number of sulfone groups is 1. The zero-order valence-electron chi connectivity index (χ0n) is 10.8. The second-order valence-corrected chi connectivity index (χ2v) is 6.67. The minimum Gasteiger partial charge on any atom is -0.392 e. The fourth-order valence-corrected chi connectivity index (χ4v) is 2.67. The molecule has 0 spiro atoms. The van der Waals surface area contributed by atoms with Crippen LogP contribution in [0.15, 0.2) is 24.3 Å².